The highest BCUT2D eigenvalue weighted by molar-refractivity contribution is 14.1. The van der Waals surface area contributed by atoms with Crippen molar-refractivity contribution in [1.82, 2.24) is 0 Å². The lowest BCUT2D eigenvalue weighted by atomic mass is 9.78. The lowest BCUT2D eigenvalue weighted by molar-refractivity contribution is 0.402. The molecule has 0 N–H and O–H groups in total. The molecule has 4 rings (SSSR count). The van der Waals surface area contributed by atoms with Crippen molar-refractivity contribution in [2.24, 2.45) is 0 Å². The van der Waals surface area contributed by atoms with E-state index in [2.05, 4.69) is 123 Å². The largest absolute Gasteiger partial charge is 0.496 e. The van der Waals surface area contributed by atoms with Gasteiger partial charge in [-0.1, -0.05) is 100 Å². The Balaban J connectivity index is 2.07. The summed E-state index contributed by atoms with van der Waals surface area (Å²) in [4.78, 5) is 0. The third-order valence-corrected chi connectivity index (χ3v) is 7.89. The van der Waals surface area contributed by atoms with Crippen molar-refractivity contribution in [3.05, 3.63) is 116 Å². The Morgan fingerprint density at radius 1 is 0.556 bits per heavy atom. The molecule has 36 heavy (non-hydrogen) atoms. The Morgan fingerprint density at radius 2 is 1.00 bits per heavy atom. The number of hydrogen-bond donors (Lipinski definition) is 0. The molecule has 0 aliphatic heterocycles. The minimum atomic E-state index is 0.155. The van der Waals surface area contributed by atoms with Crippen LogP contribution < -0.4 is 9.47 Å². The van der Waals surface area contributed by atoms with Crippen LogP contribution in [0.15, 0.2) is 84.9 Å². The minimum Gasteiger partial charge on any atom is -0.496 e. The fraction of sp³-hybridized carbons (Fsp3) is 0.273. The zero-order valence-corrected chi connectivity index (χ0v) is 24.2. The monoisotopic (exact) mass is 590 g/mol. The quantitative estimate of drug-likeness (QED) is 0.150. The fourth-order valence-electron chi connectivity index (χ4n) is 5.05. The average molecular weight is 591 g/mol. The molecule has 0 heterocycles. The van der Waals surface area contributed by atoms with E-state index in [1.54, 1.807) is 14.2 Å². The van der Waals surface area contributed by atoms with Crippen LogP contribution in [0.25, 0.3) is 11.1 Å². The van der Waals surface area contributed by atoms with Crippen molar-refractivity contribution in [3.8, 4) is 22.6 Å². The summed E-state index contributed by atoms with van der Waals surface area (Å²) in [6.07, 6.45) is 0. The number of rotatable bonds is 8. The molecule has 186 valence electrons. The minimum absolute atomic E-state index is 0.155. The van der Waals surface area contributed by atoms with Crippen LogP contribution in [-0.2, 0) is 0 Å². The topological polar surface area (TPSA) is 18.5 Å². The smallest absolute Gasteiger partial charge is 0.133 e. The van der Waals surface area contributed by atoms with Crippen molar-refractivity contribution in [2.45, 2.75) is 45.4 Å². The first kappa shape index (κ1) is 26.3. The molecule has 0 spiro atoms. The van der Waals surface area contributed by atoms with Gasteiger partial charge in [-0.2, -0.15) is 0 Å². The van der Waals surface area contributed by atoms with Crippen molar-refractivity contribution in [3.63, 3.8) is 0 Å². The molecule has 2 nitrogen and oxygen atoms in total. The predicted molar refractivity (Wildman–Crippen MR) is 160 cm³/mol. The van der Waals surface area contributed by atoms with E-state index in [-0.39, 0.29) is 5.92 Å². The standard InChI is InChI=1S/C33H35IO2/c1-21(2)26-19-25(30(23-13-9-7-10-14-23)24-15-11-8-12-16-24)20-27(22(3)4)31(26)32-28(35-5)17-18-29(36-6)33(32)34/h7-22,30H,1-6H3. The van der Waals surface area contributed by atoms with E-state index < -0.39 is 0 Å². The number of hydrogen-bond acceptors (Lipinski definition) is 2. The lowest BCUT2D eigenvalue weighted by Crippen LogP contribution is -2.09. The summed E-state index contributed by atoms with van der Waals surface area (Å²) in [7, 11) is 3.48. The molecule has 0 saturated carbocycles. The highest BCUT2D eigenvalue weighted by Crippen LogP contribution is 2.47. The summed E-state index contributed by atoms with van der Waals surface area (Å²) < 4.78 is 12.7. The SMILES string of the molecule is COc1ccc(OC)c(-c2c(C(C)C)cc(C(c3ccccc3)c3ccccc3)cc2C(C)C)c1I. The summed E-state index contributed by atoms with van der Waals surface area (Å²) in [5.74, 6) is 2.56. The molecule has 0 fully saturated rings. The molecule has 0 amide bonds. The second kappa shape index (κ2) is 11.5. The van der Waals surface area contributed by atoms with Gasteiger partial charge in [0.05, 0.1) is 17.8 Å². The van der Waals surface area contributed by atoms with E-state index in [4.69, 9.17) is 9.47 Å². The van der Waals surface area contributed by atoms with Crippen LogP contribution in [0.1, 0.15) is 73.3 Å². The summed E-state index contributed by atoms with van der Waals surface area (Å²) in [5.41, 5.74) is 8.97. The van der Waals surface area contributed by atoms with Gasteiger partial charge in [0.25, 0.3) is 0 Å². The molecule has 0 bridgehead atoms. The van der Waals surface area contributed by atoms with Crippen LogP contribution in [0.4, 0.5) is 0 Å². The Kier molecular flexibility index (Phi) is 8.40. The number of benzene rings is 4. The van der Waals surface area contributed by atoms with E-state index in [0.717, 1.165) is 20.6 Å². The molecule has 4 aromatic carbocycles. The average Bonchev–Trinajstić information content (AvgIpc) is 2.89. The molecule has 0 aliphatic carbocycles. The van der Waals surface area contributed by atoms with Crippen LogP contribution in [0.5, 0.6) is 11.5 Å². The van der Waals surface area contributed by atoms with Crippen LogP contribution in [0.2, 0.25) is 0 Å². The van der Waals surface area contributed by atoms with Crippen LogP contribution in [0, 0.1) is 3.57 Å². The van der Waals surface area contributed by atoms with Gasteiger partial charge in [-0.15, -0.1) is 0 Å². The first-order valence-corrected chi connectivity index (χ1v) is 13.6. The molecule has 3 heteroatoms. The maximum absolute atomic E-state index is 5.91. The molecule has 0 radical (unpaired) electrons. The second-order valence-electron chi connectivity index (χ2n) is 9.80. The molecule has 0 saturated heterocycles. The lowest BCUT2D eigenvalue weighted by Gasteiger charge is -2.27. The van der Waals surface area contributed by atoms with Gasteiger partial charge in [-0.3, -0.25) is 0 Å². The number of methoxy groups -OCH3 is 2. The maximum Gasteiger partial charge on any atom is 0.133 e. The van der Waals surface area contributed by atoms with Crippen molar-refractivity contribution >= 4 is 22.6 Å². The zero-order chi connectivity index (χ0) is 25.8. The summed E-state index contributed by atoms with van der Waals surface area (Å²) >= 11 is 2.41. The Morgan fingerprint density at radius 3 is 1.42 bits per heavy atom. The van der Waals surface area contributed by atoms with Gasteiger partial charge in [0.15, 0.2) is 0 Å². The van der Waals surface area contributed by atoms with Gasteiger partial charge in [0.2, 0.25) is 0 Å². The van der Waals surface area contributed by atoms with E-state index in [1.165, 1.54) is 33.4 Å². The van der Waals surface area contributed by atoms with E-state index >= 15 is 0 Å². The van der Waals surface area contributed by atoms with Gasteiger partial charge >= 0.3 is 0 Å². The number of ether oxygens (including phenoxy) is 2. The third-order valence-electron chi connectivity index (χ3n) is 6.82. The highest BCUT2D eigenvalue weighted by Gasteiger charge is 2.26. The summed E-state index contributed by atoms with van der Waals surface area (Å²) in [5, 5.41) is 0. The third kappa shape index (κ3) is 5.17. The molecule has 0 unspecified atom stereocenters. The second-order valence-corrected chi connectivity index (χ2v) is 10.9. The zero-order valence-electron chi connectivity index (χ0n) is 22.0. The van der Waals surface area contributed by atoms with Gasteiger partial charge in [-0.05, 0) is 79.9 Å². The maximum atomic E-state index is 5.91. The van der Waals surface area contributed by atoms with E-state index in [9.17, 15) is 0 Å². The highest BCUT2D eigenvalue weighted by atomic mass is 127. The summed E-state index contributed by atoms with van der Waals surface area (Å²) in [6.45, 7) is 9.14. The molecular weight excluding hydrogens is 555 g/mol. The van der Waals surface area contributed by atoms with E-state index in [0.29, 0.717) is 11.8 Å². The number of halogens is 1. The fourth-order valence-corrected chi connectivity index (χ4v) is 5.98. The Hall–Kier alpha value is -2.79. The van der Waals surface area contributed by atoms with Gasteiger partial charge in [0, 0.05) is 11.5 Å². The molecule has 0 aliphatic rings. The first-order valence-electron chi connectivity index (χ1n) is 12.6. The van der Waals surface area contributed by atoms with Crippen molar-refractivity contribution in [1.29, 1.82) is 0 Å². The van der Waals surface area contributed by atoms with E-state index in [1.807, 2.05) is 12.1 Å². The normalized spacial score (nSPS) is 11.4. The molecule has 0 atom stereocenters. The summed E-state index contributed by atoms with van der Waals surface area (Å²) in [6, 6.07) is 30.5. The Labute approximate surface area is 229 Å². The van der Waals surface area contributed by atoms with Crippen molar-refractivity contribution in [2.75, 3.05) is 14.2 Å². The van der Waals surface area contributed by atoms with Crippen LogP contribution >= 0.6 is 22.6 Å². The van der Waals surface area contributed by atoms with Gasteiger partial charge < -0.3 is 9.47 Å². The van der Waals surface area contributed by atoms with Crippen molar-refractivity contribution < 1.29 is 9.47 Å². The predicted octanol–water partition coefficient (Wildman–Crippen LogP) is 9.40. The van der Waals surface area contributed by atoms with Crippen LogP contribution in [0.3, 0.4) is 0 Å². The first-order chi connectivity index (χ1) is 17.4. The van der Waals surface area contributed by atoms with Gasteiger partial charge in [-0.25, -0.2) is 0 Å². The van der Waals surface area contributed by atoms with Gasteiger partial charge in [0.1, 0.15) is 11.5 Å². The molecular formula is C33H35IO2. The van der Waals surface area contributed by atoms with Crippen LogP contribution in [-0.4, -0.2) is 14.2 Å². The Bertz CT molecular complexity index is 1240. The molecule has 4 aromatic rings. The molecule has 0 aromatic heterocycles.